The van der Waals surface area contributed by atoms with Crippen LogP contribution in [0.4, 0.5) is 18.9 Å². The maximum atomic E-state index is 13.1. The molecular formula is C17H13ClF3N3O2. The summed E-state index contributed by atoms with van der Waals surface area (Å²) < 4.78 is 39.3. The molecule has 26 heavy (non-hydrogen) atoms. The van der Waals surface area contributed by atoms with Gasteiger partial charge in [0.25, 0.3) is 11.8 Å². The molecule has 0 spiro atoms. The summed E-state index contributed by atoms with van der Waals surface area (Å²) in [6, 6.07) is 4.45. The van der Waals surface area contributed by atoms with E-state index >= 15 is 0 Å². The normalized spacial score (nSPS) is 14.0. The number of rotatable bonds is 4. The molecule has 0 radical (unpaired) electrons. The molecule has 1 aliphatic rings. The van der Waals surface area contributed by atoms with Crippen LogP contribution in [-0.2, 0) is 6.18 Å². The molecule has 0 bridgehead atoms. The Morgan fingerprint density at radius 1 is 1.08 bits per heavy atom. The van der Waals surface area contributed by atoms with Gasteiger partial charge in [0.05, 0.1) is 22.4 Å². The minimum absolute atomic E-state index is 0.0310. The van der Waals surface area contributed by atoms with Crippen LogP contribution in [0.5, 0.6) is 0 Å². The van der Waals surface area contributed by atoms with Gasteiger partial charge in [-0.2, -0.15) is 13.2 Å². The van der Waals surface area contributed by atoms with E-state index in [-0.39, 0.29) is 28.1 Å². The molecule has 0 aliphatic heterocycles. The van der Waals surface area contributed by atoms with E-state index in [0.29, 0.717) is 0 Å². The number of hydrogen-bond donors (Lipinski definition) is 2. The molecule has 1 saturated carbocycles. The lowest BCUT2D eigenvalue weighted by atomic mass is 10.1. The number of amides is 2. The number of carbonyl (C=O) groups is 2. The van der Waals surface area contributed by atoms with E-state index in [2.05, 4.69) is 15.6 Å². The number of nitrogens with zero attached hydrogens (tertiary/aromatic N) is 1. The molecule has 1 aromatic carbocycles. The van der Waals surface area contributed by atoms with Gasteiger partial charge in [0.2, 0.25) is 0 Å². The highest BCUT2D eigenvalue weighted by Crippen LogP contribution is 2.36. The van der Waals surface area contributed by atoms with E-state index in [1.807, 2.05) is 0 Å². The molecule has 136 valence electrons. The van der Waals surface area contributed by atoms with Crippen molar-refractivity contribution in [3.63, 3.8) is 0 Å². The smallest absolute Gasteiger partial charge is 0.349 e. The Labute approximate surface area is 151 Å². The highest BCUT2D eigenvalue weighted by molar-refractivity contribution is 6.30. The Morgan fingerprint density at radius 2 is 1.73 bits per heavy atom. The predicted molar refractivity (Wildman–Crippen MR) is 89.1 cm³/mol. The van der Waals surface area contributed by atoms with Crippen molar-refractivity contribution in [3.05, 3.63) is 58.4 Å². The molecule has 0 atom stereocenters. The molecule has 9 heteroatoms. The van der Waals surface area contributed by atoms with Gasteiger partial charge in [0, 0.05) is 23.5 Å². The van der Waals surface area contributed by atoms with E-state index in [4.69, 9.17) is 11.6 Å². The first-order valence-corrected chi connectivity index (χ1v) is 8.06. The maximum absolute atomic E-state index is 13.1. The fourth-order valence-corrected chi connectivity index (χ4v) is 2.41. The van der Waals surface area contributed by atoms with E-state index < -0.39 is 23.3 Å². The highest BCUT2D eigenvalue weighted by atomic mass is 35.5. The molecule has 2 N–H and O–H groups in total. The van der Waals surface area contributed by atoms with Crippen LogP contribution in [-0.4, -0.2) is 22.8 Å². The highest BCUT2D eigenvalue weighted by Gasteiger charge is 2.34. The molecule has 1 heterocycles. The summed E-state index contributed by atoms with van der Waals surface area (Å²) in [5.74, 6) is -1.19. The fraction of sp³-hybridized carbons (Fsp3) is 0.235. The van der Waals surface area contributed by atoms with Crippen LogP contribution in [0.3, 0.4) is 0 Å². The third kappa shape index (κ3) is 4.32. The quantitative estimate of drug-likeness (QED) is 0.841. The van der Waals surface area contributed by atoms with E-state index in [1.165, 1.54) is 24.5 Å². The Kier molecular flexibility index (Phi) is 4.86. The summed E-state index contributed by atoms with van der Waals surface area (Å²) >= 11 is 5.61. The number of anilines is 1. The first-order chi connectivity index (χ1) is 12.2. The monoisotopic (exact) mass is 383 g/mol. The van der Waals surface area contributed by atoms with Crippen LogP contribution in [0.1, 0.15) is 39.1 Å². The average molecular weight is 384 g/mol. The van der Waals surface area contributed by atoms with Gasteiger partial charge in [0.1, 0.15) is 0 Å². The van der Waals surface area contributed by atoms with Gasteiger partial charge in [0.15, 0.2) is 0 Å². The Hall–Kier alpha value is -2.61. The number of carbonyl (C=O) groups excluding carboxylic acids is 2. The molecular weight excluding hydrogens is 371 g/mol. The van der Waals surface area contributed by atoms with Gasteiger partial charge in [-0.3, -0.25) is 14.6 Å². The van der Waals surface area contributed by atoms with E-state index in [9.17, 15) is 22.8 Å². The molecule has 0 unspecified atom stereocenters. The minimum Gasteiger partial charge on any atom is -0.349 e. The minimum atomic E-state index is -4.68. The number of benzene rings is 1. The van der Waals surface area contributed by atoms with Crippen LogP contribution in [0, 0.1) is 0 Å². The molecule has 3 rings (SSSR count). The SMILES string of the molecule is O=C(Nc1ccc(Cl)cc1C(F)(F)F)c1cncc(C(=O)NC2CC2)c1. The molecule has 1 aromatic heterocycles. The third-order valence-electron chi connectivity index (χ3n) is 3.71. The van der Waals surface area contributed by atoms with Crippen molar-refractivity contribution in [2.45, 2.75) is 25.1 Å². The van der Waals surface area contributed by atoms with E-state index in [1.54, 1.807) is 0 Å². The largest absolute Gasteiger partial charge is 0.418 e. The molecule has 5 nitrogen and oxygen atoms in total. The van der Waals surface area contributed by atoms with Crippen molar-refractivity contribution < 1.29 is 22.8 Å². The zero-order valence-electron chi connectivity index (χ0n) is 13.2. The lowest BCUT2D eigenvalue weighted by Gasteiger charge is -2.14. The van der Waals surface area contributed by atoms with Gasteiger partial charge in [-0.1, -0.05) is 11.6 Å². The molecule has 0 saturated heterocycles. The van der Waals surface area contributed by atoms with Gasteiger partial charge >= 0.3 is 6.18 Å². The van der Waals surface area contributed by atoms with Crippen LogP contribution in [0.2, 0.25) is 5.02 Å². The van der Waals surface area contributed by atoms with Crippen molar-refractivity contribution >= 4 is 29.1 Å². The summed E-state index contributed by atoms with van der Waals surface area (Å²) in [5.41, 5.74) is -1.36. The maximum Gasteiger partial charge on any atom is 0.418 e. The molecule has 2 aromatic rings. The lowest BCUT2D eigenvalue weighted by molar-refractivity contribution is -0.136. The first-order valence-electron chi connectivity index (χ1n) is 7.68. The third-order valence-corrected chi connectivity index (χ3v) is 3.95. The number of aromatic nitrogens is 1. The topological polar surface area (TPSA) is 71.1 Å². The zero-order chi connectivity index (χ0) is 18.9. The summed E-state index contributed by atoms with van der Waals surface area (Å²) in [6.07, 6.45) is -0.422. The number of nitrogens with one attached hydrogen (secondary N) is 2. The Balaban J connectivity index is 1.81. The molecule has 2 amide bonds. The average Bonchev–Trinajstić information content (AvgIpc) is 3.39. The number of pyridine rings is 1. The van der Waals surface area contributed by atoms with Crippen molar-refractivity contribution in [1.82, 2.24) is 10.3 Å². The summed E-state index contributed by atoms with van der Waals surface area (Å²) in [4.78, 5) is 28.1. The van der Waals surface area contributed by atoms with Crippen LogP contribution in [0.15, 0.2) is 36.7 Å². The van der Waals surface area contributed by atoms with Crippen LogP contribution >= 0.6 is 11.6 Å². The second kappa shape index (κ2) is 6.95. The first kappa shape index (κ1) is 18.2. The summed E-state index contributed by atoms with van der Waals surface area (Å²) in [6.45, 7) is 0. The van der Waals surface area contributed by atoms with Crippen molar-refractivity contribution in [2.75, 3.05) is 5.32 Å². The molecule has 1 aliphatic carbocycles. The number of halogens is 4. The summed E-state index contributed by atoms with van der Waals surface area (Å²) in [7, 11) is 0. The lowest BCUT2D eigenvalue weighted by Crippen LogP contribution is -2.26. The van der Waals surface area contributed by atoms with Crippen molar-refractivity contribution in [1.29, 1.82) is 0 Å². The Morgan fingerprint density at radius 3 is 2.35 bits per heavy atom. The number of alkyl halides is 3. The van der Waals surface area contributed by atoms with Gasteiger partial charge < -0.3 is 10.6 Å². The van der Waals surface area contributed by atoms with Gasteiger partial charge in [-0.25, -0.2) is 0 Å². The second-order valence-electron chi connectivity index (χ2n) is 5.85. The van der Waals surface area contributed by atoms with Crippen molar-refractivity contribution in [3.8, 4) is 0 Å². The predicted octanol–water partition coefficient (Wildman–Crippen LogP) is 3.90. The number of hydrogen-bond acceptors (Lipinski definition) is 3. The summed E-state index contributed by atoms with van der Waals surface area (Å²) in [5, 5.41) is 4.84. The second-order valence-corrected chi connectivity index (χ2v) is 6.29. The molecule has 1 fully saturated rings. The zero-order valence-corrected chi connectivity index (χ0v) is 14.0. The fourth-order valence-electron chi connectivity index (χ4n) is 2.24. The van der Waals surface area contributed by atoms with Crippen LogP contribution in [0.25, 0.3) is 0 Å². The van der Waals surface area contributed by atoms with Gasteiger partial charge in [-0.15, -0.1) is 0 Å². The van der Waals surface area contributed by atoms with E-state index in [0.717, 1.165) is 25.0 Å². The van der Waals surface area contributed by atoms with Crippen LogP contribution < -0.4 is 10.6 Å². The Bertz CT molecular complexity index is 867. The van der Waals surface area contributed by atoms with Gasteiger partial charge in [-0.05, 0) is 37.1 Å². The van der Waals surface area contributed by atoms with Crippen molar-refractivity contribution in [2.24, 2.45) is 0 Å². The standard InChI is InChI=1S/C17H13ClF3N3O2/c18-11-1-4-14(13(6-11)17(19,20)21)24-16(26)10-5-9(7-22-8-10)15(25)23-12-2-3-12/h1,4-8,12H,2-3H2,(H,23,25)(H,24,26).